The third-order valence-electron chi connectivity index (χ3n) is 4.07. The Bertz CT molecular complexity index is 1190. The normalized spacial score (nSPS) is 11.3. The van der Waals surface area contributed by atoms with Crippen LogP contribution in [0.1, 0.15) is 25.3 Å². The van der Waals surface area contributed by atoms with Crippen LogP contribution >= 0.6 is 0 Å². The lowest BCUT2D eigenvalue weighted by Gasteiger charge is -2.16. The lowest BCUT2D eigenvalue weighted by molar-refractivity contribution is -0.137. The van der Waals surface area contributed by atoms with Crippen LogP contribution in [-0.4, -0.2) is 33.5 Å². The Morgan fingerprint density at radius 3 is 2.38 bits per heavy atom. The minimum absolute atomic E-state index is 0.0393. The Morgan fingerprint density at radius 1 is 1.06 bits per heavy atom. The maximum Gasteiger partial charge on any atom is 0.416 e. The third kappa shape index (κ3) is 7.37. The summed E-state index contributed by atoms with van der Waals surface area (Å²) in [7, 11) is -3.59. The highest BCUT2D eigenvalue weighted by Crippen LogP contribution is 2.32. The van der Waals surface area contributed by atoms with Gasteiger partial charge in [0, 0.05) is 12.5 Å². The SMILES string of the molecule is CCCC(=O)Nc1ccc(OS(=O)(=O)c2cccc(C(F)(F)F)c2)cc1NC(=N)NC(=O)OC. The molecular weight excluding hydrogens is 481 g/mol. The molecule has 0 aliphatic carbocycles. The monoisotopic (exact) mass is 502 g/mol. The molecule has 0 atom stereocenters. The molecule has 2 amide bonds. The smallest absolute Gasteiger partial charge is 0.416 e. The predicted octanol–water partition coefficient (Wildman–Crippen LogP) is 3.91. The predicted molar refractivity (Wildman–Crippen MR) is 116 cm³/mol. The van der Waals surface area contributed by atoms with Crippen molar-refractivity contribution < 1.29 is 40.1 Å². The van der Waals surface area contributed by atoms with Gasteiger partial charge in [0.2, 0.25) is 11.9 Å². The van der Waals surface area contributed by atoms with Gasteiger partial charge in [0.1, 0.15) is 10.6 Å². The Balaban J connectivity index is 2.37. The number of nitrogens with one attached hydrogen (secondary N) is 4. The van der Waals surface area contributed by atoms with Gasteiger partial charge in [-0.2, -0.15) is 21.6 Å². The lowest BCUT2D eigenvalue weighted by atomic mass is 10.2. The van der Waals surface area contributed by atoms with Crippen molar-refractivity contribution in [2.24, 2.45) is 0 Å². The second kappa shape index (κ2) is 10.9. The second-order valence-corrected chi connectivity index (χ2v) is 8.23. The number of rotatable bonds is 7. The molecule has 2 aromatic carbocycles. The molecule has 14 heteroatoms. The fraction of sp³-hybridized carbons (Fsp3) is 0.250. The first-order valence-electron chi connectivity index (χ1n) is 9.62. The zero-order chi connectivity index (χ0) is 25.5. The molecule has 0 aromatic heterocycles. The maximum atomic E-state index is 12.9. The summed E-state index contributed by atoms with van der Waals surface area (Å²) in [5.41, 5.74) is -1.09. The number of hydrogen-bond acceptors (Lipinski definition) is 7. The zero-order valence-corrected chi connectivity index (χ0v) is 18.8. The van der Waals surface area contributed by atoms with Crippen molar-refractivity contribution >= 4 is 39.5 Å². The number of anilines is 2. The van der Waals surface area contributed by atoms with E-state index in [0.717, 1.165) is 37.4 Å². The molecule has 4 N–H and O–H groups in total. The van der Waals surface area contributed by atoms with Crippen molar-refractivity contribution in [2.45, 2.75) is 30.8 Å². The molecule has 2 aromatic rings. The summed E-state index contributed by atoms with van der Waals surface area (Å²) in [6, 6.07) is 6.53. The van der Waals surface area contributed by atoms with Gasteiger partial charge in [-0.05, 0) is 36.8 Å². The molecule has 184 valence electrons. The standard InChI is InChI=1S/C20H21F3N4O6S/c1-3-5-17(28)25-15-9-8-13(11-16(15)26-18(24)27-19(29)32-2)33-34(30,31)14-7-4-6-12(10-14)20(21,22)23/h4,6-11H,3,5H2,1-2H3,(H,25,28)(H3,24,26,27,29). The van der Waals surface area contributed by atoms with Crippen LogP contribution < -0.4 is 20.1 Å². The van der Waals surface area contributed by atoms with Gasteiger partial charge in [-0.3, -0.25) is 15.5 Å². The van der Waals surface area contributed by atoms with Gasteiger partial charge in [0.05, 0.1) is 24.0 Å². The number of amides is 2. The minimum atomic E-state index is -4.76. The summed E-state index contributed by atoms with van der Waals surface area (Å²) in [4.78, 5) is 22.6. The molecule has 0 bridgehead atoms. The van der Waals surface area contributed by atoms with Crippen LogP contribution in [0.4, 0.5) is 29.3 Å². The van der Waals surface area contributed by atoms with E-state index in [0.29, 0.717) is 12.5 Å². The largest absolute Gasteiger partial charge is 0.453 e. The number of guanidine groups is 1. The average Bonchev–Trinajstić information content (AvgIpc) is 2.75. The van der Waals surface area contributed by atoms with Gasteiger partial charge < -0.3 is 19.6 Å². The van der Waals surface area contributed by atoms with Gasteiger partial charge in [0.25, 0.3) is 0 Å². The fourth-order valence-corrected chi connectivity index (χ4v) is 3.52. The van der Waals surface area contributed by atoms with E-state index in [1.54, 1.807) is 6.92 Å². The van der Waals surface area contributed by atoms with Crippen LogP contribution in [0.2, 0.25) is 0 Å². The van der Waals surface area contributed by atoms with E-state index < -0.39 is 38.8 Å². The molecule has 34 heavy (non-hydrogen) atoms. The van der Waals surface area contributed by atoms with Crippen molar-refractivity contribution in [3.8, 4) is 5.75 Å². The molecule has 0 spiro atoms. The van der Waals surface area contributed by atoms with Crippen LogP contribution in [0.15, 0.2) is 47.4 Å². The number of carbonyl (C=O) groups excluding carboxylic acids is 2. The number of alkyl carbamates (subject to hydrolysis) is 1. The number of alkyl halides is 3. The first-order chi connectivity index (χ1) is 15.9. The van der Waals surface area contributed by atoms with Crippen LogP contribution in [0, 0.1) is 5.41 Å². The molecule has 0 aliphatic heterocycles. The molecule has 0 aliphatic rings. The van der Waals surface area contributed by atoms with Crippen molar-refractivity contribution in [1.82, 2.24) is 5.32 Å². The molecule has 0 saturated carbocycles. The molecule has 2 rings (SSSR count). The highest BCUT2D eigenvalue weighted by atomic mass is 32.2. The van der Waals surface area contributed by atoms with Gasteiger partial charge in [-0.25, -0.2) is 4.79 Å². The van der Waals surface area contributed by atoms with Gasteiger partial charge in [-0.15, -0.1) is 0 Å². The summed E-state index contributed by atoms with van der Waals surface area (Å²) >= 11 is 0. The molecule has 10 nitrogen and oxygen atoms in total. The first kappa shape index (κ1) is 26.4. The fourth-order valence-electron chi connectivity index (χ4n) is 2.55. The molecule has 0 unspecified atom stereocenters. The van der Waals surface area contributed by atoms with Gasteiger partial charge in [-0.1, -0.05) is 13.0 Å². The molecular formula is C20H21F3N4O6S. The quantitative estimate of drug-likeness (QED) is 0.255. The summed E-state index contributed by atoms with van der Waals surface area (Å²) < 4.78 is 73.3. The number of benzene rings is 2. The highest BCUT2D eigenvalue weighted by molar-refractivity contribution is 7.87. The second-order valence-electron chi connectivity index (χ2n) is 6.69. The highest BCUT2D eigenvalue weighted by Gasteiger charge is 2.32. The molecule has 0 heterocycles. The van der Waals surface area contributed by atoms with Crippen molar-refractivity contribution in [1.29, 1.82) is 5.41 Å². The summed E-state index contributed by atoms with van der Waals surface area (Å²) in [6.45, 7) is 1.78. The Morgan fingerprint density at radius 2 is 1.76 bits per heavy atom. The summed E-state index contributed by atoms with van der Waals surface area (Å²) in [5, 5.41) is 14.8. The number of carbonyl (C=O) groups is 2. The number of methoxy groups -OCH3 is 1. The van der Waals surface area contributed by atoms with Gasteiger partial charge in [0.15, 0.2) is 0 Å². The average molecular weight is 502 g/mol. The number of halogens is 3. The minimum Gasteiger partial charge on any atom is -0.453 e. The maximum absolute atomic E-state index is 12.9. The van der Waals surface area contributed by atoms with Gasteiger partial charge >= 0.3 is 22.4 Å². The molecule has 0 radical (unpaired) electrons. The van der Waals surface area contributed by atoms with E-state index in [4.69, 9.17) is 9.59 Å². The van der Waals surface area contributed by atoms with Crippen molar-refractivity contribution in [3.05, 3.63) is 48.0 Å². The van der Waals surface area contributed by atoms with E-state index in [1.807, 2.05) is 5.32 Å². The summed E-state index contributed by atoms with van der Waals surface area (Å²) in [6.07, 6.45) is -4.99. The van der Waals surface area contributed by atoms with Crippen molar-refractivity contribution in [3.63, 3.8) is 0 Å². The van der Waals surface area contributed by atoms with Crippen LogP contribution in [0.5, 0.6) is 5.75 Å². The van der Waals surface area contributed by atoms with Crippen LogP contribution in [0.3, 0.4) is 0 Å². The third-order valence-corrected chi connectivity index (χ3v) is 5.31. The number of hydrogen-bond donors (Lipinski definition) is 4. The number of ether oxygens (including phenoxy) is 1. The van der Waals surface area contributed by atoms with E-state index in [1.165, 1.54) is 6.07 Å². The lowest BCUT2D eigenvalue weighted by Crippen LogP contribution is -2.35. The zero-order valence-electron chi connectivity index (χ0n) is 17.9. The Labute approximate surface area is 193 Å². The van der Waals surface area contributed by atoms with E-state index in [9.17, 15) is 31.2 Å². The summed E-state index contributed by atoms with van der Waals surface area (Å²) in [5.74, 6) is -1.28. The topological polar surface area (TPSA) is 147 Å². The van der Waals surface area contributed by atoms with E-state index in [2.05, 4.69) is 15.4 Å². The first-order valence-corrected chi connectivity index (χ1v) is 11.0. The van der Waals surface area contributed by atoms with E-state index >= 15 is 0 Å². The Hall–Kier alpha value is -3.81. The molecule has 0 saturated heterocycles. The van der Waals surface area contributed by atoms with Crippen LogP contribution in [-0.2, 0) is 25.8 Å². The Kier molecular flexibility index (Phi) is 8.46. The van der Waals surface area contributed by atoms with Crippen molar-refractivity contribution in [2.75, 3.05) is 17.7 Å². The van der Waals surface area contributed by atoms with E-state index in [-0.39, 0.29) is 29.5 Å². The van der Waals surface area contributed by atoms with Crippen LogP contribution in [0.25, 0.3) is 0 Å². The molecule has 0 fully saturated rings.